The van der Waals surface area contributed by atoms with Gasteiger partial charge in [-0.25, -0.2) is 8.42 Å². The van der Waals surface area contributed by atoms with E-state index in [1.165, 1.54) is 24.3 Å². The largest absolute Gasteiger partial charge is 0.435 e. The van der Waals surface area contributed by atoms with Crippen molar-refractivity contribution < 1.29 is 26.4 Å². The van der Waals surface area contributed by atoms with Gasteiger partial charge < -0.3 is 4.84 Å². The van der Waals surface area contributed by atoms with Gasteiger partial charge in [-0.15, -0.1) is 0 Å². The minimum atomic E-state index is -4.81. The summed E-state index contributed by atoms with van der Waals surface area (Å²) >= 11 is 18.7. The third-order valence-corrected chi connectivity index (χ3v) is 7.24. The fourth-order valence-electron chi connectivity index (χ4n) is 2.82. The predicted molar refractivity (Wildman–Crippen MR) is 117 cm³/mol. The third-order valence-electron chi connectivity index (χ3n) is 4.25. The first-order valence-corrected chi connectivity index (χ1v) is 11.9. The second-order valence-corrected chi connectivity index (χ2v) is 10.5. The van der Waals surface area contributed by atoms with Gasteiger partial charge in [-0.3, -0.25) is 4.72 Å². The van der Waals surface area contributed by atoms with Crippen LogP contribution in [0.3, 0.4) is 0 Å². The van der Waals surface area contributed by atoms with Crippen LogP contribution >= 0.6 is 51.8 Å². The molecule has 0 aliphatic carbocycles. The molecule has 1 N–H and O–H groups in total. The van der Waals surface area contributed by atoms with Gasteiger partial charge in [-0.2, -0.15) is 25.8 Å². The molecule has 1 unspecified atom stereocenters. The molecule has 1 aliphatic heterocycles. The van der Waals surface area contributed by atoms with E-state index in [1.807, 2.05) is 0 Å². The minimum Gasteiger partial charge on any atom is -0.374 e. The Balaban J connectivity index is 1.96. The summed E-state index contributed by atoms with van der Waals surface area (Å²) in [6, 6.07) is 7.84. The summed E-state index contributed by atoms with van der Waals surface area (Å²) in [5, 5.41) is 3.29. The zero-order chi connectivity index (χ0) is 22.3. The second-order valence-electron chi connectivity index (χ2n) is 6.33. The van der Waals surface area contributed by atoms with Gasteiger partial charge in [0.15, 0.2) is 0 Å². The fourth-order valence-corrected chi connectivity index (χ4v) is 4.73. The molecule has 3 rings (SSSR count). The summed E-state index contributed by atoms with van der Waals surface area (Å²) in [7, 11) is -3.65. The van der Waals surface area contributed by atoms with Crippen molar-refractivity contribution in [1.82, 2.24) is 0 Å². The van der Waals surface area contributed by atoms with E-state index in [2.05, 4.69) is 38.4 Å². The highest BCUT2D eigenvalue weighted by Gasteiger charge is 2.62. The van der Waals surface area contributed by atoms with Crippen LogP contribution in [0.2, 0.25) is 10.0 Å². The molecule has 162 valence electrons. The van der Waals surface area contributed by atoms with E-state index in [0.29, 0.717) is 10.0 Å². The number of hydrogen-bond acceptors (Lipinski definition) is 5. The van der Waals surface area contributed by atoms with Crippen LogP contribution in [-0.2, 0) is 20.5 Å². The van der Waals surface area contributed by atoms with Gasteiger partial charge in [0.05, 0.1) is 11.4 Å². The van der Waals surface area contributed by atoms with Gasteiger partial charge in [0.1, 0.15) is 5.08 Å². The summed E-state index contributed by atoms with van der Waals surface area (Å²) in [6.07, 6.45) is -5.44. The molecule has 1 aliphatic rings. The van der Waals surface area contributed by atoms with Crippen LogP contribution in [0.4, 0.5) is 18.9 Å². The summed E-state index contributed by atoms with van der Waals surface area (Å²) in [5.74, 6) is 0. The van der Waals surface area contributed by atoms with Gasteiger partial charge in [-0.1, -0.05) is 34.4 Å². The van der Waals surface area contributed by atoms with Crippen LogP contribution in [0.5, 0.6) is 0 Å². The molecule has 2 aromatic rings. The predicted octanol–water partition coefficient (Wildman–Crippen LogP) is 5.97. The van der Waals surface area contributed by atoms with Crippen molar-refractivity contribution in [3.63, 3.8) is 0 Å². The lowest BCUT2D eigenvalue weighted by Gasteiger charge is -2.29. The van der Waals surface area contributed by atoms with Gasteiger partial charge in [0.2, 0.25) is 10.0 Å². The molecule has 0 radical (unpaired) electrons. The minimum absolute atomic E-state index is 0.0210. The normalized spacial score (nSPS) is 19.4. The van der Waals surface area contributed by atoms with Crippen molar-refractivity contribution in [3.8, 4) is 0 Å². The van der Waals surface area contributed by atoms with Crippen LogP contribution in [0, 0.1) is 0 Å². The molecule has 1 heterocycles. The topological polar surface area (TPSA) is 67.8 Å². The first kappa shape index (κ1) is 23.5. The average molecular weight is 564 g/mol. The van der Waals surface area contributed by atoms with E-state index >= 15 is 0 Å². The first-order valence-electron chi connectivity index (χ1n) is 8.06. The van der Waals surface area contributed by atoms with E-state index in [9.17, 15) is 21.6 Å². The average Bonchev–Trinajstić information content (AvgIpc) is 3.09. The van der Waals surface area contributed by atoms with Crippen LogP contribution in [-0.4, -0.2) is 25.4 Å². The number of oxime groups is 1. The second kappa shape index (κ2) is 8.42. The maximum Gasteiger partial charge on any atom is 0.435 e. The van der Waals surface area contributed by atoms with E-state index in [0.717, 1.165) is 12.1 Å². The highest BCUT2D eigenvalue weighted by atomic mass is 79.9. The number of hydrogen-bond donors (Lipinski definition) is 2. The van der Waals surface area contributed by atoms with Crippen LogP contribution in [0.25, 0.3) is 0 Å². The summed E-state index contributed by atoms with van der Waals surface area (Å²) in [6.45, 7) is 0. The van der Waals surface area contributed by atoms with E-state index < -0.39 is 33.3 Å². The Morgan fingerprint density at radius 3 is 2.37 bits per heavy atom. The van der Waals surface area contributed by atoms with Crippen molar-refractivity contribution in [2.75, 3.05) is 9.81 Å². The van der Waals surface area contributed by atoms with Crippen molar-refractivity contribution in [2.24, 2.45) is 5.16 Å². The van der Waals surface area contributed by atoms with Crippen molar-refractivity contribution >= 4 is 73.2 Å². The number of halogens is 6. The number of nitrogens with one attached hydrogen (secondary N) is 1. The molecular weight excluding hydrogens is 552 g/mol. The Kier molecular flexibility index (Phi) is 6.60. The lowest BCUT2D eigenvalue weighted by atomic mass is 9.86. The van der Waals surface area contributed by atoms with Gasteiger partial charge in [0.25, 0.3) is 5.60 Å². The number of rotatable bonds is 5. The Morgan fingerprint density at radius 2 is 1.83 bits per heavy atom. The molecule has 0 fully saturated rings. The number of benzene rings is 2. The fraction of sp³-hybridized carbons (Fsp3) is 0.235. The number of anilines is 1. The Bertz CT molecular complexity index is 1110. The van der Waals surface area contributed by atoms with E-state index in [-0.39, 0.29) is 27.0 Å². The SMILES string of the molecule is O=S(=O)(CS)Nc1ccc(C2=NOC(c3cc(Cl)cc(Cl)c3)(C(F)(F)F)C2)cc1Br. The van der Waals surface area contributed by atoms with Gasteiger partial charge >= 0.3 is 6.18 Å². The smallest absolute Gasteiger partial charge is 0.374 e. The van der Waals surface area contributed by atoms with Crippen LogP contribution in [0.15, 0.2) is 46.0 Å². The maximum absolute atomic E-state index is 14.0. The van der Waals surface area contributed by atoms with E-state index in [4.69, 9.17) is 28.0 Å². The molecule has 30 heavy (non-hydrogen) atoms. The molecule has 1 atom stereocenters. The quantitative estimate of drug-likeness (QED) is 0.441. The molecule has 0 amide bonds. The summed E-state index contributed by atoms with van der Waals surface area (Å²) in [5.41, 5.74) is -2.49. The molecule has 2 aromatic carbocycles. The zero-order valence-corrected chi connectivity index (χ0v) is 19.5. The Morgan fingerprint density at radius 1 is 1.20 bits per heavy atom. The van der Waals surface area contributed by atoms with Crippen molar-refractivity contribution in [2.45, 2.75) is 18.2 Å². The molecular formula is C17H12BrCl2F3N2O3S2. The van der Waals surface area contributed by atoms with Crippen LogP contribution < -0.4 is 4.72 Å². The monoisotopic (exact) mass is 562 g/mol. The summed E-state index contributed by atoms with van der Waals surface area (Å²) < 4.78 is 68.1. The number of thiol groups is 1. The lowest BCUT2D eigenvalue weighted by Crippen LogP contribution is -2.42. The molecule has 0 spiro atoms. The summed E-state index contributed by atoms with van der Waals surface area (Å²) in [4.78, 5) is 4.94. The van der Waals surface area contributed by atoms with Crippen molar-refractivity contribution in [3.05, 3.63) is 62.0 Å². The van der Waals surface area contributed by atoms with E-state index in [1.54, 1.807) is 0 Å². The molecule has 5 nitrogen and oxygen atoms in total. The maximum atomic E-state index is 14.0. The molecule has 0 saturated heterocycles. The van der Waals surface area contributed by atoms with Crippen LogP contribution in [0.1, 0.15) is 17.5 Å². The molecule has 0 bridgehead atoms. The van der Waals surface area contributed by atoms with Gasteiger partial charge in [0, 0.05) is 32.1 Å². The first-order chi connectivity index (χ1) is 13.9. The standard InChI is InChI=1S/C17H12BrCl2F3N2O3S2/c18-13-3-9(1-2-14(13)25-30(26,27)8-29)15-7-16(28-24-15,17(21,22)23)10-4-11(19)6-12(20)5-10/h1-6,25,29H,7-8H2. The molecule has 13 heteroatoms. The third kappa shape index (κ3) is 4.69. The number of sulfonamides is 1. The highest BCUT2D eigenvalue weighted by Crippen LogP contribution is 2.49. The van der Waals surface area contributed by atoms with Gasteiger partial charge in [-0.05, 0) is 46.3 Å². The van der Waals surface area contributed by atoms with Crippen molar-refractivity contribution in [1.29, 1.82) is 0 Å². The zero-order valence-electron chi connectivity index (χ0n) is 14.7. The Hall–Kier alpha value is -1.14. The highest BCUT2D eigenvalue weighted by molar-refractivity contribution is 9.10. The number of nitrogens with zero attached hydrogens (tertiary/aromatic N) is 1. The Labute approximate surface area is 194 Å². The lowest BCUT2D eigenvalue weighted by molar-refractivity contribution is -0.275. The molecule has 0 saturated carbocycles. The number of alkyl halides is 3. The molecule has 0 aromatic heterocycles.